The molecule has 1 aromatic carbocycles. The predicted octanol–water partition coefficient (Wildman–Crippen LogP) is 3.07. The number of piperidine rings is 1. The molecule has 128 valence electrons. The zero-order chi connectivity index (χ0) is 17.3. The molecule has 24 heavy (non-hydrogen) atoms. The number of likely N-dealkylation sites (tertiary alicyclic amines) is 1. The first-order valence-corrected chi connectivity index (χ1v) is 8.39. The van der Waals surface area contributed by atoms with E-state index >= 15 is 0 Å². The number of amides is 2. The molecule has 2 aromatic rings. The van der Waals surface area contributed by atoms with Crippen molar-refractivity contribution >= 4 is 23.4 Å². The number of rotatable bonds is 2. The van der Waals surface area contributed by atoms with E-state index in [0.717, 1.165) is 17.8 Å². The van der Waals surface area contributed by atoms with Gasteiger partial charge in [0.1, 0.15) is 0 Å². The number of nitrogens with one attached hydrogen (secondary N) is 1. The quantitative estimate of drug-likeness (QED) is 0.876. The van der Waals surface area contributed by atoms with E-state index in [0.29, 0.717) is 23.9 Å². The Morgan fingerprint density at radius 2 is 2.17 bits per heavy atom. The largest absolute Gasteiger partial charge is 0.391 e. The highest BCUT2D eigenvalue weighted by molar-refractivity contribution is 6.32. The Kier molecular flexibility index (Phi) is 4.78. The van der Waals surface area contributed by atoms with E-state index in [1.54, 1.807) is 21.7 Å². The van der Waals surface area contributed by atoms with Crippen molar-refractivity contribution in [2.24, 2.45) is 5.92 Å². The molecule has 2 heterocycles. The molecule has 0 aliphatic carbocycles. The van der Waals surface area contributed by atoms with Crippen LogP contribution in [0.4, 0.5) is 10.6 Å². The summed E-state index contributed by atoms with van der Waals surface area (Å²) >= 11 is 6.21. The number of carbonyl (C=O) groups excluding carboxylic acids is 1. The maximum absolute atomic E-state index is 12.4. The Bertz CT molecular complexity index is 746. The Labute approximate surface area is 146 Å². The summed E-state index contributed by atoms with van der Waals surface area (Å²) in [5, 5.41) is 17.7. The average molecular weight is 349 g/mol. The number of hydrogen-bond donors (Lipinski definition) is 2. The smallest absolute Gasteiger partial charge is 0.323 e. The molecule has 1 aliphatic rings. The summed E-state index contributed by atoms with van der Waals surface area (Å²) in [6.07, 6.45) is 0.314. The maximum atomic E-state index is 12.4. The second-order valence-corrected chi connectivity index (χ2v) is 6.65. The normalized spacial score (nSPS) is 20.9. The summed E-state index contributed by atoms with van der Waals surface area (Å²) in [6.45, 7) is 4.87. The van der Waals surface area contributed by atoms with Gasteiger partial charge in [-0.05, 0) is 31.4 Å². The molecular formula is C17H21ClN4O2. The van der Waals surface area contributed by atoms with Crippen LogP contribution < -0.4 is 5.32 Å². The number of hydrogen-bond acceptors (Lipinski definition) is 3. The summed E-state index contributed by atoms with van der Waals surface area (Å²) in [5.41, 5.74) is 1.63. The lowest BCUT2D eigenvalue weighted by Gasteiger charge is -2.33. The number of para-hydroxylation sites is 1. The highest BCUT2D eigenvalue weighted by Gasteiger charge is 2.27. The van der Waals surface area contributed by atoms with E-state index in [9.17, 15) is 9.90 Å². The number of aromatic nitrogens is 2. The number of urea groups is 1. The average Bonchev–Trinajstić information content (AvgIpc) is 2.90. The van der Waals surface area contributed by atoms with Crippen molar-refractivity contribution in [2.45, 2.75) is 26.4 Å². The van der Waals surface area contributed by atoms with Crippen molar-refractivity contribution < 1.29 is 9.90 Å². The zero-order valence-electron chi connectivity index (χ0n) is 13.7. The fraction of sp³-hybridized carbons (Fsp3) is 0.412. The standard InChI is InChI=1S/C17H21ClN4O2/c1-11-7-8-21(10-15(11)23)17(24)19-16-9-12(2)22(20-16)14-6-4-3-5-13(14)18/h3-6,9,11,15,23H,7-8,10H2,1-2H3,(H,19,20,24). The maximum Gasteiger partial charge on any atom is 0.323 e. The van der Waals surface area contributed by atoms with Gasteiger partial charge >= 0.3 is 6.03 Å². The van der Waals surface area contributed by atoms with Gasteiger partial charge < -0.3 is 10.0 Å². The molecule has 2 unspecified atom stereocenters. The lowest BCUT2D eigenvalue weighted by Crippen LogP contribution is -2.47. The summed E-state index contributed by atoms with van der Waals surface area (Å²) < 4.78 is 1.70. The van der Waals surface area contributed by atoms with Crippen LogP contribution >= 0.6 is 11.6 Å². The molecule has 7 heteroatoms. The number of halogens is 1. The van der Waals surface area contributed by atoms with Crippen LogP contribution in [0.5, 0.6) is 0 Å². The Morgan fingerprint density at radius 1 is 1.42 bits per heavy atom. The highest BCUT2D eigenvalue weighted by atomic mass is 35.5. The summed E-state index contributed by atoms with van der Waals surface area (Å²) in [5.74, 6) is 0.682. The number of anilines is 1. The van der Waals surface area contributed by atoms with Crippen molar-refractivity contribution in [3.63, 3.8) is 0 Å². The molecule has 1 aliphatic heterocycles. The minimum absolute atomic E-state index is 0.218. The second kappa shape index (κ2) is 6.83. The first kappa shape index (κ1) is 16.8. The van der Waals surface area contributed by atoms with Gasteiger partial charge in [0.05, 0.1) is 16.8 Å². The van der Waals surface area contributed by atoms with E-state index in [1.807, 2.05) is 32.0 Å². The summed E-state index contributed by atoms with van der Waals surface area (Å²) in [4.78, 5) is 14.0. The van der Waals surface area contributed by atoms with Crippen LogP contribution in [-0.2, 0) is 0 Å². The number of benzene rings is 1. The van der Waals surface area contributed by atoms with Crippen molar-refractivity contribution in [1.82, 2.24) is 14.7 Å². The molecule has 3 rings (SSSR count). The van der Waals surface area contributed by atoms with Gasteiger partial charge in [-0.1, -0.05) is 30.7 Å². The van der Waals surface area contributed by atoms with E-state index in [2.05, 4.69) is 10.4 Å². The molecule has 0 bridgehead atoms. The van der Waals surface area contributed by atoms with Gasteiger partial charge in [0.25, 0.3) is 0 Å². The fourth-order valence-corrected chi connectivity index (χ4v) is 3.04. The van der Waals surface area contributed by atoms with Gasteiger partial charge in [0.2, 0.25) is 0 Å². The molecule has 2 N–H and O–H groups in total. The minimum atomic E-state index is -0.480. The van der Waals surface area contributed by atoms with Gasteiger partial charge in [-0.25, -0.2) is 9.48 Å². The molecule has 1 aromatic heterocycles. The van der Waals surface area contributed by atoms with Gasteiger partial charge in [0.15, 0.2) is 5.82 Å². The van der Waals surface area contributed by atoms with Crippen molar-refractivity contribution in [3.8, 4) is 5.69 Å². The number of carbonyl (C=O) groups is 1. The molecule has 0 saturated carbocycles. The SMILES string of the molecule is Cc1cc(NC(=O)N2CCC(C)C(O)C2)nn1-c1ccccc1Cl. The second-order valence-electron chi connectivity index (χ2n) is 6.24. The van der Waals surface area contributed by atoms with Crippen molar-refractivity contribution in [1.29, 1.82) is 0 Å². The molecule has 0 spiro atoms. The summed E-state index contributed by atoms with van der Waals surface area (Å²) in [6, 6.07) is 8.96. The number of aliphatic hydroxyl groups is 1. The fourth-order valence-electron chi connectivity index (χ4n) is 2.82. The lowest BCUT2D eigenvalue weighted by atomic mass is 9.96. The van der Waals surface area contributed by atoms with Crippen LogP contribution in [0.1, 0.15) is 19.0 Å². The number of aryl methyl sites for hydroxylation is 1. The number of aliphatic hydroxyl groups excluding tert-OH is 1. The first-order chi connectivity index (χ1) is 11.5. The third-order valence-corrected chi connectivity index (χ3v) is 4.73. The minimum Gasteiger partial charge on any atom is -0.391 e. The van der Waals surface area contributed by atoms with Crippen LogP contribution in [0.3, 0.4) is 0 Å². The highest BCUT2D eigenvalue weighted by Crippen LogP contribution is 2.23. The van der Waals surface area contributed by atoms with Gasteiger partial charge in [-0.3, -0.25) is 5.32 Å². The Morgan fingerprint density at radius 3 is 2.88 bits per heavy atom. The predicted molar refractivity (Wildman–Crippen MR) is 93.7 cm³/mol. The molecular weight excluding hydrogens is 328 g/mol. The van der Waals surface area contributed by atoms with E-state index in [-0.39, 0.29) is 11.9 Å². The van der Waals surface area contributed by atoms with Crippen LogP contribution in [0.15, 0.2) is 30.3 Å². The topological polar surface area (TPSA) is 70.4 Å². The van der Waals surface area contributed by atoms with Gasteiger partial charge in [0, 0.05) is 24.8 Å². The molecule has 1 saturated heterocycles. The molecule has 6 nitrogen and oxygen atoms in total. The monoisotopic (exact) mass is 348 g/mol. The molecule has 2 amide bonds. The summed E-state index contributed by atoms with van der Waals surface area (Å²) in [7, 11) is 0. The molecule has 0 radical (unpaired) electrons. The number of β-amino-alcohol motifs (C(OH)–C–C–N with tert-alkyl or cyclic N) is 1. The van der Waals surface area contributed by atoms with Crippen LogP contribution in [0, 0.1) is 12.8 Å². The lowest BCUT2D eigenvalue weighted by molar-refractivity contribution is 0.0463. The van der Waals surface area contributed by atoms with Gasteiger partial charge in [-0.15, -0.1) is 5.10 Å². The van der Waals surface area contributed by atoms with E-state index < -0.39 is 6.10 Å². The number of nitrogens with zero attached hydrogens (tertiary/aromatic N) is 3. The Hall–Kier alpha value is -2.05. The van der Waals surface area contributed by atoms with Crippen LogP contribution in [-0.4, -0.2) is 45.0 Å². The van der Waals surface area contributed by atoms with E-state index in [1.165, 1.54) is 0 Å². The van der Waals surface area contributed by atoms with Crippen LogP contribution in [0.2, 0.25) is 5.02 Å². The van der Waals surface area contributed by atoms with Crippen LogP contribution in [0.25, 0.3) is 5.69 Å². The molecule has 2 atom stereocenters. The van der Waals surface area contributed by atoms with E-state index in [4.69, 9.17) is 11.6 Å². The Balaban J connectivity index is 1.74. The molecule has 1 fully saturated rings. The van der Waals surface area contributed by atoms with Gasteiger partial charge in [-0.2, -0.15) is 0 Å². The first-order valence-electron chi connectivity index (χ1n) is 8.01. The zero-order valence-corrected chi connectivity index (χ0v) is 14.5. The third kappa shape index (κ3) is 3.39. The van der Waals surface area contributed by atoms with Crippen molar-refractivity contribution in [3.05, 3.63) is 41.0 Å². The third-order valence-electron chi connectivity index (χ3n) is 4.41. The van der Waals surface area contributed by atoms with Crippen molar-refractivity contribution in [2.75, 3.05) is 18.4 Å².